The number of methoxy groups -OCH3 is 2. The second-order valence-electron chi connectivity index (χ2n) is 9.90. The minimum atomic E-state index is -0.835. The van der Waals surface area contributed by atoms with Gasteiger partial charge in [0.2, 0.25) is 0 Å². The monoisotopic (exact) mass is 501 g/mol. The molecule has 3 fully saturated rings. The molecule has 1 aromatic carbocycles. The van der Waals surface area contributed by atoms with Crippen LogP contribution < -0.4 is 0 Å². The molecule has 10 nitrogen and oxygen atoms in total. The topological polar surface area (TPSA) is 110 Å². The van der Waals surface area contributed by atoms with E-state index in [2.05, 4.69) is 0 Å². The van der Waals surface area contributed by atoms with Crippen LogP contribution in [-0.4, -0.2) is 79.8 Å². The van der Waals surface area contributed by atoms with Crippen molar-refractivity contribution >= 4 is 17.8 Å². The van der Waals surface area contributed by atoms with Gasteiger partial charge < -0.3 is 33.3 Å². The zero-order chi connectivity index (χ0) is 25.6. The summed E-state index contributed by atoms with van der Waals surface area (Å²) in [7, 11) is 2.74. The van der Waals surface area contributed by atoms with Crippen molar-refractivity contribution in [3.05, 3.63) is 47.7 Å². The number of benzene rings is 1. The fourth-order valence-electron chi connectivity index (χ4n) is 5.65. The number of piperidine rings is 1. The van der Waals surface area contributed by atoms with E-state index in [0.717, 1.165) is 5.56 Å². The van der Waals surface area contributed by atoms with Gasteiger partial charge in [0.15, 0.2) is 11.9 Å². The van der Waals surface area contributed by atoms with Crippen molar-refractivity contribution in [2.45, 2.75) is 63.1 Å². The normalized spacial score (nSPS) is 34.3. The van der Waals surface area contributed by atoms with Crippen LogP contribution in [0, 0.1) is 11.8 Å². The van der Waals surface area contributed by atoms with Gasteiger partial charge >= 0.3 is 11.9 Å². The molecule has 4 aliphatic heterocycles. The zero-order valence-corrected chi connectivity index (χ0v) is 20.7. The second-order valence-corrected chi connectivity index (χ2v) is 9.90. The van der Waals surface area contributed by atoms with Gasteiger partial charge in [-0.3, -0.25) is 14.4 Å². The zero-order valence-electron chi connectivity index (χ0n) is 20.7. The third-order valence-electron chi connectivity index (χ3n) is 7.29. The number of carbonyl (C=O) groups is 3. The summed E-state index contributed by atoms with van der Waals surface area (Å²) in [6.07, 6.45) is -0.780. The highest BCUT2D eigenvalue weighted by Gasteiger charge is 2.64. The van der Waals surface area contributed by atoms with E-state index in [0.29, 0.717) is 12.3 Å². The first-order chi connectivity index (χ1) is 17.2. The first-order valence-electron chi connectivity index (χ1n) is 12.1. The molecule has 4 aliphatic rings. The molecule has 10 heteroatoms. The fraction of sp³-hybridized carbons (Fsp3) is 0.577. The number of amides is 1. The Morgan fingerprint density at radius 1 is 1.17 bits per heavy atom. The quantitative estimate of drug-likeness (QED) is 0.406. The number of β-lactam (4-membered cyclic amide) rings is 1. The van der Waals surface area contributed by atoms with Crippen molar-refractivity contribution in [2.75, 3.05) is 20.8 Å². The van der Waals surface area contributed by atoms with E-state index >= 15 is 0 Å². The molecule has 3 saturated heterocycles. The van der Waals surface area contributed by atoms with Gasteiger partial charge in [0.05, 0.1) is 32.1 Å². The van der Waals surface area contributed by atoms with Crippen molar-refractivity contribution in [3.8, 4) is 0 Å². The molecule has 0 aromatic heterocycles. The highest BCUT2D eigenvalue weighted by molar-refractivity contribution is 5.92. The van der Waals surface area contributed by atoms with E-state index < -0.39 is 60.0 Å². The maximum Gasteiger partial charge on any atom is 0.312 e. The van der Waals surface area contributed by atoms with Crippen molar-refractivity contribution in [2.24, 2.45) is 11.8 Å². The number of ether oxygens (including phenoxy) is 6. The molecule has 0 spiro atoms. The molecule has 0 bridgehead atoms. The predicted octanol–water partition coefficient (Wildman–Crippen LogP) is 1.57. The Morgan fingerprint density at radius 2 is 1.92 bits per heavy atom. The fourth-order valence-corrected chi connectivity index (χ4v) is 5.65. The van der Waals surface area contributed by atoms with Crippen LogP contribution in [0.5, 0.6) is 0 Å². The molecule has 5 rings (SSSR count). The van der Waals surface area contributed by atoms with Gasteiger partial charge in [-0.25, -0.2) is 0 Å². The molecule has 194 valence electrons. The Balaban J connectivity index is 1.40. The lowest BCUT2D eigenvalue weighted by atomic mass is 9.69. The second kappa shape index (κ2) is 9.59. The lowest BCUT2D eigenvalue weighted by Crippen LogP contribution is -2.73. The molecule has 1 aromatic rings. The highest BCUT2D eigenvalue weighted by Crippen LogP contribution is 2.50. The molecule has 7 atom stereocenters. The summed E-state index contributed by atoms with van der Waals surface area (Å²) in [5, 5.41) is 0. The molecular weight excluding hydrogens is 470 g/mol. The molecule has 0 unspecified atom stereocenters. The van der Waals surface area contributed by atoms with Crippen molar-refractivity contribution in [1.82, 2.24) is 4.90 Å². The Hall–Kier alpha value is -2.79. The molecule has 4 heterocycles. The third-order valence-corrected chi connectivity index (χ3v) is 7.29. The largest absolute Gasteiger partial charge is 0.469 e. The van der Waals surface area contributed by atoms with Crippen LogP contribution in [0.3, 0.4) is 0 Å². The standard InChI is InChI=1S/C26H31NO9/c1-26(2)34-13-18(36-26)17-11-16-22(35-17)20(25(30)32-4)15(21-23(31-3)24(29)27(16)21)10-19(28)33-12-14-8-6-5-7-9-14/h5-9,11,15,17-18,20-23H,10,12-13H2,1-4H3/t15-,17-,18+,20-,21-,22-,23+/m1/s1. The Bertz CT molecular complexity index is 1050. The van der Waals surface area contributed by atoms with Crippen LogP contribution in [-0.2, 0) is 49.4 Å². The third kappa shape index (κ3) is 4.32. The number of nitrogens with zero attached hydrogens (tertiary/aromatic N) is 1. The van der Waals surface area contributed by atoms with Crippen molar-refractivity contribution < 1.29 is 42.8 Å². The van der Waals surface area contributed by atoms with Gasteiger partial charge in [0, 0.05) is 18.7 Å². The van der Waals surface area contributed by atoms with E-state index in [1.807, 2.05) is 50.3 Å². The Labute approximate surface area is 209 Å². The smallest absolute Gasteiger partial charge is 0.312 e. The van der Waals surface area contributed by atoms with Crippen LogP contribution in [0.25, 0.3) is 0 Å². The molecule has 1 amide bonds. The maximum atomic E-state index is 13.1. The molecule has 0 N–H and O–H groups in total. The summed E-state index contributed by atoms with van der Waals surface area (Å²) in [5.41, 5.74) is 1.42. The van der Waals surface area contributed by atoms with Gasteiger partial charge in [0.1, 0.15) is 24.9 Å². The van der Waals surface area contributed by atoms with E-state index in [-0.39, 0.29) is 18.9 Å². The van der Waals surface area contributed by atoms with Gasteiger partial charge in [-0.15, -0.1) is 0 Å². The SMILES string of the molecule is COC(=O)[C@@H]1[C@@H](CC(=O)OCc2ccccc2)[C@@H]2[C@H](OC)C(=O)N2C2=C[C@H]([C@@H]3COC(C)(C)O3)O[C@H]21. The van der Waals surface area contributed by atoms with E-state index in [1.165, 1.54) is 14.2 Å². The molecule has 0 aliphatic carbocycles. The van der Waals surface area contributed by atoms with Crippen LogP contribution in [0.15, 0.2) is 42.1 Å². The van der Waals surface area contributed by atoms with Crippen LogP contribution in [0.4, 0.5) is 0 Å². The summed E-state index contributed by atoms with van der Waals surface area (Å²) in [4.78, 5) is 40.6. The summed E-state index contributed by atoms with van der Waals surface area (Å²) in [5.74, 6) is -3.46. The Kier molecular flexibility index (Phi) is 6.63. The number of fused-ring (bicyclic) bond motifs is 3. The predicted molar refractivity (Wildman–Crippen MR) is 123 cm³/mol. The lowest BCUT2D eigenvalue weighted by Gasteiger charge is -2.56. The number of esters is 2. The highest BCUT2D eigenvalue weighted by atomic mass is 16.7. The summed E-state index contributed by atoms with van der Waals surface area (Å²) in [6.45, 7) is 4.05. The molecule has 0 radical (unpaired) electrons. The number of hydrogen-bond acceptors (Lipinski definition) is 9. The summed E-state index contributed by atoms with van der Waals surface area (Å²) >= 11 is 0. The van der Waals surface area contributed by atoms with Gasteiger partial charge in [0.25, 0.3) is 5.91 Å². The van der Waals surface area contributed by atoms with Gasteiger partial charge in [-0.05, 0) is 25.5 Å². The summed E-state index contributed by atoms with van der Waals surface area (Å²) < 4.78 is 34.1. The molecular formula is C26H31NO9. The van der Waals surface area contributed by atoms with Crippen LogP contribution >= 0.6 is 0 Å². The van der Waals surface area contributed by atoms with E-state index in [1.54, 1.807) is 4.90 Å². The number of rotatable bonds is 7. The van der Waals surface area contributed by atoms with Crippen LogP contribution in [0.1, 0.15) is 25.8 Å². The number of carbonyl (C=O) groups excluding carboxylic acids is 3. The minimum Gasteiger partial charge on any atom is -0.469 e. The average Bonchev–Trinajstić information content (AvgIpc) is 3.45. The maximum absolute atomic E-state index is 13.1. The lowest BCUT2D eigenvalue weighted by molar-refractivity contribution is -0.197. The van der Waals surface area contributed by atoms with E-state index in [9.17, 15) is 14.4 Å². The van der Waals surface area contributed by atoms with Crippen molar-refractivity contribution in [1.29, 1.82) is 0 Å². The van der Waals surface area contributed by atoms with Gasteiger partial charge in [-0.2, -0.15) is 0 Å². The molecule has 36 heavy (non-hydrogen) atoms. The first kappa shape index (κ1) is 24.9. The first-order valence-corrected chi connectivity index (χ1v) is 12.1. The molecule has 0 saturated carbocycles. The van der Waals surface area contributed by atoms with Crippen molar-refractivity contribution in [3.63, 3.8) is 0 Å². The Morgan fingerprint density at radius 3 is 2.56 bits per heavy atom. The minimum absolute atomic E-state index is 0.102. The van der Waals surface area contributed by atoms with Gasteiger partial charge in [-0.1, -0.05) is 30.3 Å². The number of hydrogen-bond donors (Lipinski definition) is 0. The average molecular weight is 502 g/mol. The van der Waals surface area contributed by atoms with Crippen LogP contribution in [0.2, 0.25) is 0 Å². The summed E-state index contributed by atoms with van der Waals surface area (Å²) in [6, 6.07) is 8.79. The van der Waals surface area contributed by atoms with E-state index in [4.69, 9.17) is 28.4 Å².